The minimum atomic E-state index is 0.476. The van der Waals surface area contributed by atoms with E-state index in [1.165, 1.54) is 51.5 Å². The van der Waals surface area contributed by atoms with Crippen molar-refractivity contribution in [3.8, 4) is 6.07 Å². The van der Waals surface area contributed by atoms with Gasteiger partial charge in [0.1, 0.15) is 0 Å². The zero-order valence-electron chi connectivity index (χ0n) is 17.4. The standard InChI is InChI=1S/C23H38ClN3/c1-3-5-20-7-9-21(10-8-20)11-12-26-13-15-27(16-14-26)23(18-24)17-22(19-25)6-4-2/h6,17,20-21H,3-5,7-16,18H2,1-2H3/b22-6+,23-17+. The fourth-order valence-corrected chi connectivity index (χ4v) is 4.84. The zero-order chi connectivity index (χ0) is 19.5. The molecule has 0 spiro atoms. The van der Waals surface area contributed by atoms with Crippen molar-refractivity contribution in [1.29, 1.82) is 5.26 Å². The number of halogens is 1. The third-order valence-corrected chi connectivity index (χ3v) is 6.58. The molecule has 2 rings (SSSR count). The van der Waals surface area contributed by atoms with E-state index in [4.69, 9.17) is 11.6 Å². The average Bonchev–Trinajstić information content (AvgIpc) is 2.71. The van der Waals surface area contributed by atoms with Crippen molar-refractivity contribution in [3.63, 3.8) is 0 Å². The van der Waals surface area contributed by atoms with Crippen LogP contribution in [-0.2, 0) is 0 Å². The van der Waals surface area contributed by atoms with E-state index in [1.807, 2.05) is 12.2 Å². The predicted molar refractivity (Wildman–Crippen MR) is 116 cm³/mol. The third kappa shape index (κ3) is 7.51. The summed E-state index contributed by atoms with van der Waals surface area (Å²) in [6, 6.07) is 2.27. The van der Waals surface area contributed by atoms with Gasteiger partial charge < -0.3 is 4.90 Å². The molecule has 0 aromatic heterocycles. The lowest BCUT2D eigenvalue weighted by molar-refractivity contribution is 0.143. The highest BCUT2D eigenvalue weighted by Gasteiger charge is 2.23. The lowest BCUT2D eigenvalue weighted by Crippen LogP contribution is -2.46. The molecule has 0 aromatic carbocycles. The Balaban J connectivity index is 1.73. The van der Waals surface area contributed by atoms with Crippen LogP contribution >= 0.6 is 11.6 Å². The van der Waals surface area contributed by atoms with Crippen molar-refractivity contribution < 1.29 is 0 Å². The molecule has 1 heterocycles. The van der Waals surface area contributed by atoms with Gasteiger partial charge in [-0.3, -0.25) is 4.90 Å². The number of piperazine rings is 1. The summed E-state index contributed by atoms with van der Waals surface area (Å²) in [5, 5.41) is 9.25. The fraction of sp³-hybridized carbons (Fsp3) is 0.783. The van der Waals surface area contributed by atoms with Crippen LogP contribution in [-0.4, -0.2) is 48.4 Å². The van der Waals surface area contributed by atoms with Gasteiger partial charge in [-0.15, -0.1) is 11.6 Å². The van der Waals surface area contributed by atoms with Crippen molar-refractivity contribution >= 4 is 11.6 Å². The molecule has 0 atom stereocenters. The molecule has 1 aliphatic heterocycles. The topological polar surface area (TPSA) is 30.3 Å². The van der Waals surface area contributed by atoms with Crippen molar-refractivity contribution in [3.05, 3.63) is 23.4 Å². The lowest BCUT2D eigenvalue weighted by atomic mass is 9.79. The highest BCUT2D eigenvalue weighted by Crippen LogP contribution is 2.33. The Hall–Kier alpha value is -0.980. The maximum atomic E-state index is 9.25. The van der Waals surface area contributed by atoms with E-state index in [2.05, 4.69) is 29.7 Å². The maximum absolute atomic E-state index is 9.25. The van der Waals surface area contributed by atoms with Gasteiger partial charge >= 0.3 is 0 Å². The summed E-state index contributed by atoms with van der Waals surface area (Å²) in [5.74, 6) is 2.44. The van der Waals surface area contributed by atoms with Crippen LogP contribution in [0.1, 0.15) is 65.2 Å². The molecule has 1 saturated carbocycles. The van der Waals surface area contributed by atoms with Gasteiger partial charge in [0.25, 0.3) is 0 Å². The van der Waals surface area contributed by atoms with Crippen LogP contribution in [0.3, 0.4) is 0 Å². The van der Waals surface area contributed by atoms with Crippen LogP contribution in [0.4, 0.5) is 0 Å². The van der Waals surface area contributed by atoms with E-state index in [9.17, 15) is 5.26 Å². The SMILES string of the molecule is CC/C=C(C#N)\C=C(/CCl)N1CCN(CCC2CCC(CCC)CC2)CC1. The van der Waals surface area contributed by atoms with Crippen molar-refractivity contribution in [1.82, 2.24) is 9.80 Å². The summed E-state index contributed by atoms with van der Waals surface area (Å²) in [7, 11) is 0. The minimum absolute atomic E-state index is 0.476. The highest BCUT2D eigenvalue weighted by molar-refractivity contribution is 6.19. The number of allylic oxidation sites excluding steroid dienone is 4. The Kier molecular flexibility index (Phi) is 10.3. The molecular formula is C23H38ClN3. The van der Waals surface area contributed by atoms with Crippen molar-refractivity contribution in [2.75, 3.05) is 38.6 Å². The smallest absolute Gasteiger partial charge is 0.0988 e. The average molecular weight is 392 g/mol. The van der Waals surface area contributed by atoms with Gasteiger partial charge in [-0.05, 0) is 37.3 Å². The first-order valence-corrected chi connectivity index (χ1v) is 11.6. The molecular weight excluding hydrogens is 354 g/mol. The fourth-order valence-electron chi connectivity index (χ4n) is 4.59. The third-order valence-electron chi connectivity index (χ3n) is 6.31. The van der Waals surface area contributed by atoms with Crippen molar-refractivity contribution in [2.24, 2.45) is 11.8 Å². The Labute approximate surface area is 172 Å². The Morgan fingerprint density at radius 1 is 1.04 bits per heavy atom. The van der Waals surface area contributed by atoms with Crippen LogP contribution < -0.4 is 0 Å². The first-order chi connectivity index (χ1) is 13.2. The number of alkyl halides is 1. The number of rotatable bonds is 9. The van der Waals surface area contributed by atoms with Crippen molar-refractivity contribution in [2.45, 2.75) is 65.2 Å². The van der Waals surface area contributed by atoms with Gasteiger partial charge in [0.2, 0.25) is 0 Å². The highest BCUT2D eigenvalue weighted by atomic mass is 35.5. The summed E-state index contributed by atoms with van der Waals surface area (Å²) in [4.78, 5) is 4.98. The van der Waals surface area contributed by atoms with Gasteiger partial charge in [-0.1, -0.05) is 58.4 Å². The number of hydrogen-bond acceptors (Lipinski definition) is 3. The predicted octanol–water partition coefficient (Wildman–Crippen LogP) is 5.58. The van der Waals surface area contributed by atoms with Crippen LogP contribution in [0.5, 0.6) is 0 Å². The molecule has 0 N–H and O–H groups in total. The zero-order valence-corrected chi connectivity index (χ0v) is 18.2. The summed E-state index contributed by atoms with van der Waals surface area (Å²) >= 11 is 6.18. The lowest BCUT2D eigenvalue weighted by Gasteiger charge is -2.38. The molecule has 4 heteroatoms. The summed E-state index contributed by atoms with van der Waals surface area (Å²) in [5.41, 5.74) is 1.82. The molecule has 1 aliphatic carbocycles. The molecule has 3 nitrogen and oxygen atoms in total. The van der Waals surface area contributed by atoms with Gasteiger partial charge in [-0.25, -0.2) is 0 Å². The Morgan fingerprint density at radius 3 is 2.19 bits per heavy atom. The number of nitriles is 1. The monoisotopic (exact) mass is 391 g/mol. The maximum Gasteiger partial charge on any atom is 0.0988 e. The van der Waals surface area contributed by atoms with Gasteiger partial charge in [0.15, 0.2) is 0 Å². The molecule has 0 amide bonds. The normalized spacial score (nSPS) is 25.5. The van der Waals surface area contributed by atoms with E-state index < -0.39 is 0 Å². The van der Waals surface area contributed by atoms with E-state index in [0.717, 1.165) is 55.7 Å². The minimum Gasteiger partial charge on any atom is -0.371 e. The van der Waals surface area contributed by atoms with Gasteiger partial charge in [-0.2, -0.15) is 5.26 Å². The summed E-state index contributed by atoms with van der Waals surface area (Å²) in [6.45, 7) is 9.88. The summed E-state index contributed by atoms with van der Waals surface area (Å²) < 4.78 is 0. The second-order valence-corrected chi connectivity index (χ2v) is 8.51. The number of nitrogens with zero attached hydrogens (tertiary/aromatic N) is 3. The largest absolute Gasteiger partial charge is 0.371 e. The molecule has 1 saturated heterocycles. The van der Waals surface area contributed by atoms with E-state index in [-0.39, 0.29) is 0 Å². The number of hydrogen-bond donors (Lipinski definition) is 0. The molecule has 27 heavy (non-hydrogen) atoms. The second-order valence-electron chi connectivity index (χ2n) is 8.24. The molecule has 2 fully saturated rings. The molecule has 2 aliphatic rings. The van der Waals surface area contributed by atoms with Gasteiger partial charge in [0.05, 0.1) is 11.9 Å². The quantitative estimate of drug-likeness (QED) is 0.292. The molecule has 0 bridgehead atoms. The second kappa shape index (κ2) is 12.5. The van der Waals surface area contributed by atoms with Crippen LogP contribution in [0, 0.1) is 23.2 Å². The van der Waals surface area contributed by atoms with Crippen LogP contribution in [0.25, 0.3) is 0 Å². The molecule has 152 valence electrons. The Morgan fingerprint density at radius 2 is 1.67 bits per heavy atom. The van der Waals surface area contributed by atoms with Gasteiger partial charge in [0, 0.05) is 37.4 Å². The van der Waals surface area contributed by atoms with E-state index in [1.54, 1.807) is 0 Å². The Bertz CT molecular complexity index is 518. The molecule has 0 radical (unpaired) electrons. The first kappa shape index (κ1) is 22.3. The molecule has 0 aromatic rings. The summed E-state index contributed by atoms with van der Waals surface area (Å²) in [6.07, 6.45) is 14.8. The van der Waals surface area contributed by atoms with Crippen LogP contribution in [0.2, 0.25) is 0 Å². The van der Waals surface area contributed by atoms with E-state index >= 15 is 0 Å². The molecule has 0 unspecified atom stereocenters. The van der Waals surface area contributed by atoms with Crippen LogP contribution in [0.15, 0.2) is 23.4 Å². The van der Waals surface area contributed by atoms with E-state index in [0.29, 0.717) is 5.88 Å². The first-order valence-electron chi connectivity index (χ1n) is 11.0.